The second-order valence-corrected chi connectivity index (χ2v) is 7.55. The third-order valence-electron chi connectivity index (χ3n) is 4.60. The van der Waals surface area contributed by atoms with Crippen LogP contribution in [0.4, 0.5) is 17.1 Å². The van der Waals surface area contributed by atoms with Gasteiger partial charge in [0.1, 0.15) is 6.04 Å². The van der Waals surface area contributed by atoms with Crippen LogP contribution in [0.15, 0.2) is 48.5 Å². The molecule has 0 radical (unpaired) electrons. The van der Waals surface area contributed by atoms with Crippen LogP contribution in [0.3, 0.4) is 0 Å². The van der Waals surface area contributed by atoms with E-state index < -0.39 is 23.8 Å². The molecule has 0 bridgehead atoms. The number of nitrogens with zero attached hydrogens (tertiary/aromatic N) is 1. The van der Waals surface area contributed by atoms with Crippen molar-refractivity contribution >= 4 is 40.8 Å². The van der Waals surface area contributed by atoms with Gasteiger partial charge in [0.25, 0.3) is 5.91 Å². The van der Waals surface area contributed by atoms with Gasteiger partial charge in [-0.15, -0.1) is 0 Å². The van der Waals surface area contributed by atoms with E-state index in [2.05, 4.69) is 10.6 Å². The van der Waals surface area contributed by atoms with Crippen LogP contribution in [-0.2, 0) is 14.4 Å². The smallest absolute Gasteiger partial charge is 0.335 e. The minimum Gasteiger partial charge on any atom is -0.478 e. The van der Waals surface area contributed by atoms with Crippen LogP contribution < -0.4 is 15.5 Å². The van der Waals surface area contributed by atoms with Crippen molar-refractivity contribution in [3.8, 4) is 0 Å². The molecular weight excluding hydrogens is 386 g/mol. The van der Waals surface area contributed by atoms with Crippen LogP contribution >= 0.6 is 0 Å². The number of benzene rings is 2. The first-order valence-corrected chi connectivity index (χ1v) is 9.61. The van der Waals surface area contributed by atoms with E-state index in [-0.39, 0.29) is 29.5 Å². The lowest BCUT2D eigenvalue weighted by Gasteiger charge is -2.16. The minimum absolute atomic E-state index is 0.000359. The summed E-state index contributed by atoms with van der Waals surface area (Å²) in [5, 5.41) is 15.0. The van der Waals surface area contributed by atoms with Gasteiger partial charge in [-0.05, 0) is 48.4 Å². The molecule has 8 heteroatoms. The highest BCUT2D eigenvalue weighted by molar-refractivity contribution is 6.23. The Hall–Kier alpha value is -3.68. The third-order valence-corrected chi connectivity index (χ3v) is 4.60. The summed E-state index contributed by atoms with van der Waals surface area (Å²) in [6.45, 7) is 3.93. The SMILES string of the molecule is CC(C)CC(=O)Nc1ccc(NC2CC(=O)N(c3cccc(C(=O)O)c3)C2=O)cc1. The maximum atomic E-state index is 12.8. The van der Waals surface area contributed by atoms with Crippen molar-refractivity contribution in [3.05, 3.63) is 54.1 Å². The third kappa shape index (κ3) is 4.83. The maximum Gasteiger partial charge on any atom is 0.335 e. The molecule has 2 aromatic rings. The van der Waals surface area contributed by atoms with Gasteiger partial charge in [-0.3, -0.25) is 14.4 Å². The Morgan fingerprint density at radius 1 is 1.10 bits per heavy atom. The number of carbonyl (C=O) groups excluding carboxylic acids is 3. The van der Waals surface area contributed by atoms with Gasteiger partial charge in [0.15, 0.2) is 0 Å². The number of anilines is 3. The summed E-state index contributed by atoms with van der Waals surface area (Å²) in [4.78, 5) is 49.2. The Morgan fingerprint density at radius 2 is 1.77 bits per heavy atom. The molecule has 0 saturated carbocycles. The van der Waals surface area contributed by atoms with Crippen molar-refractivity contribution in [2.24, 2.45) is 5.92 Å². The lowest BCUT2D eigenvalue weighted by Crippen LogP contribution is -2.34. The Balaban J connectivity index is 1.67. The van der Waals surface area contributed by atoms with Crippen LogP contribution in [0.25, 0.3) is 0 Å². The van der Waals surface area contributed by atoms with Crippen molar-refractivity contribution in [2.45, 2.75) is 32.7 Å². The summed E-state index contributed by atoms with van der Waals surface area (Å²) in [6, 6.07) is 11.8. The summed E-state index contributed by atoms with van der Waals surface area (Å²) >= 11 is 0. The van der Waals surface area contributed by atoms with E-state index in [0.29, 0.717) is 17.8 Å². The first-order chi connectivity index (χ1) is 14.2. The number of imide groups is 1. The van der Waals surface area contributed by atoms with Gasteiger partial charge in [0.05, 0.1) is 17.7 Å². The number of carboxylic acids is 1. The number of carbonyl (C=O) groups is 4. The molecule has 1 atom stereocenters. The molecule has 3 N–H and O–H groups in total. The fourth-order valence-corrected chi connectivity index (χ4v) is 3.23. The normalized spacial score (nSPS) is 16.1. The van der Waals surface area contributed by atoms with Gasteiger partial charge >= 0.3 is 5.97 Å². The molecule has 0 spiro atoms. The van der Waals surface area contributed by atoms with Crippen molar-refractivity contribution < 1.29 is 24.3 Å². The first kappa shape index (κ1) is 21.0. The van der Waals surface area contributed by atoms with Gasteiger partial charge in [0, 0.05) is 17.8 Å². The zero-order chi connectivity index (χ0) is 21.8. The summed E-state index contributed by atoms with van der Waals surface area (Å²) in [5.74, 6) is -1.79. The number of aromatic carboxylic acids is 1. The molecule has 1 fully saturated rings. The van der Waals surface area contributed by atoms with E-state index in [0.717, 1.165) is 4.90 Å². The zero-order valence-electron chi connectivity index (χ0n) is 16.7. The van der Waals surface area contributed by atoms with Crippen molar-refractivity contribution in [2.75, 3.05) is 15.5 Å². The number of amides is 3. The molecular formula is C22H23N3O5. The second-order valence-electron chi connectivity index (χ2n) is 7.55. The van der Waals surface area contributed by atoms with Crippen LogP contribution in [-0.4, -0.2) is 34.8 Å². The molecule has 0 aromatic heterocycles. The predicted molar refractivity (Wildman–Crippen MR) is 112 cm³/mol. The Morgan fingerprint density at radius 3 is 2.40 bits per heavy atom. The number of hydrogen-bond donors (Lipinski definition) is 3. The highest BCUT2D eigenvalue weighted by Crippen LogP contribution is 2.26. The zero-order valence-corrected chi connectivity index (χ0v) is 16.7. The van der Waals surface area contributed by atoms with E-state index >= 15 is 0 Å². The van der Waals surface area contributed by atoms with E-state index in [1.807, 2.05) is 13.8 Å². The summed E-state index contributed by atoms with van der Waals surface area (Å²) in [7, 11) is 0. The van der Waals surface area contributed by atoms with Crippen LogP contribution in [0.5, 0.6) is 0 Å². The fourth-order valence-electron chi connectivity index (χ4n) is 3.23. The van der Waals surface area contributed by atoms with Crippen LogP contribution in [0.1, 0.15) is 37.0 Å². The minimum atomic E-state index is -1.13. The molecule has 3 rings (SSSR count). The Bertz CT molecular complexity index is 985. The quantitative estimate of drug-likeness (QED) is 0.605. The van der Waals surface area contributed by atoms with E-state index in [1.54, 1.807) is 24.3 Å². The molecule has 0 aliphatic carbocycles. The standard InChI is InChI=1S/C22H23N3O5/c1-13(2)10-19(26)24-16-8-6-15(7-9-16)23-18-12-20(27)25(21(18)28)17-5-3-4-14(11-17)22(29)30/h3-9,11,13,18,23H,10,12H2,1-2H3,(H,24,26)(H,29,30). The van der Waals surface area contributed by atoms with E-state index in [1.165, 1.54) is 24.3 Å². The highest BCUT2D eigenvalue weighted by atomic mass is 16.4. The largest absolute Gasteiger partial charge is 0.478 e. The van der Waals surface area contributed by atoms with Crippen molar-refractivity contribution in [1.82, 2.24) is 0 Å². The van der Waals surface area contributed by atoms with Gasteiger partial charge < -0.3 is 15.7 Å². The Kier molecular flexibility index (Phi) is 6.15. The summed E-state index contributed by atoms with van der Waals surface area (Å²) in [5.41, 5.74) is 1.51. The van der Waals surface area contributed by atoms with Gasteiger partial charge in [0.2, 0.25) is 11.8 Å². The lowest BCUT2D eigenvalue weighted by molar-refractivity contribution is -0.121. The molecule has 1 aliphatic heterocycles. The number of hydrogen-bond acceptors (Lipinski definition) is 5. The molecule has 1 aliphatic rings. The van der Waals surface area contributed by atoms with E-state index in [4.69, 9.17) is 5.11 Å². The van der Waals surface area contributed by atoms with Gasteiger partial charge in [-0.1, -0.05) is 19.9 Å². The van der Waals surface area contributed by atoms with Gasteiger partial charge in [-0.2, -0.15) is 0 Å². The molecule has 1 heterocycles. The number of nitrogens with one attached hydrogen (secondary N) is 2. The number of rotatable bonds is 7. The molecule has 2 aromatic carbocycles. The molecule has 1 unspecified atom stereocenters. The molecule has 1 saturated heterocycles. The van der Waals surface area contributed by atoms with Crippen LogP contribution in [0.2, 0.25) is 0 Å². The average Bonchev–Trinajstić information content (AvgIpc) is 2.96. The maximum absolute atomic E-state index is 12.8. The molecule has 3 amide bonds. The molecule has 156 valence electrons. The monoisotopic (exact) mass is 409 g/mol. The fraction of sp³-hybridized carbons (Fsp3) is 0.273. The highest BCUT2D eigenvalue weighted by Gasteiger charge is 2.39. The summed E-state index contributed by atoms with van der Waals surface area (Å²) in [6.07, 6.45) is 0.389. The number of carboxylic acid groups (broad SMARTS) is 1. The first-order valence-electron chi connectivity index (χ1n) is 9.61. The van der Waals surface area contributed by atoms with Crippen molar-refractivity contribution in [1.29, 1.82) is 0 Å². The molecule has 30 heavy (non-hydrogen) atoms. The Labute approximate surface area is 173 Å². The lowest BCUT2D eigenvalue weighted by atomic mass is 10.1. The second kappa shape index (κ2) is 8.77. The van der Waals surface area contributed by atoms with Crippen LogP contribution in [0, 0.1) is 5.92 Å². The predicted octanol–water partition coefficient (Wildman–Crippen LogP) is 3.11. The van der Waals surface area contributed by atoms with Crippen molar-refractivity contribution in [3.63, 3.8) is 0 Å². The summed E-state index contributed by atoms with van der Waals surface area (Å²) < 4.78 is 0. The molecule has 8 nitrogen and oxygen atoms in total. The average molecular weight is 409 g/mol. The topological polar surface area (TPSA) is 116 Å². The van der Waals surface area contributed by atoms with E-state index in [9.17, 15) is 19.2 Å². The van der Waals surface area contributed by atoms with Gasteiger partial charge in [-0.25, -0.2) is 9.69 Å².